The van der Waals surface area contributed by atoms with Crippen molar-refractivity contribution in [3.8, 4) is 17.6 Å². The molecule has 0 amide bonds. The Kier molecular flexibility index (Phi) is 4.55. The van der Waals surface area contributed by atoms with Gasteiger partial charge in [-0.05, 0) is 30.7 Å². The van der Waals surface area contributed by atoms with E-state index in [1.165, 1.54) is 5.56 Å². The molecule has 0 saturated carbocycles. The summed E-state index contributed by atoms with van der Waals surface area (Å²) in [4.78, 5) is 0. The van der Waals surface area contributed by atoms with Gasteiger partial charge >= 0.3 is 0 Å². The van der Waals surface area contributed by atoms with E-state index in [4.69, 9.17) is 4.74 Å². The summed E-state index contributed by atoms with van der Waals surface area (Å²) in [6, 6.07) is 6.01. The highest BCUT2D eigenvalue weighted by atomic mass is 79.9. The third-order valence-electron chi connectivity index (χ3n) is 1.74. The van der Waals surface area contributed by atoms with Crippen molar-refractivity contribution in [2.75, 3.05) is 12.4 Å². The Morgan fingerprint density at radius 1 is 1.36 bits per heavy atom. The highest BCUT2D eigenvalue weighted by Crippen LogP contribution is 2.15. The molecule has 0 aliphatic rings. The Balaban J connectivity index is 2.88. The first-order valence-electron chi connectivity index (χ1n) is 4.47. The molecule has 0 unspecified atom stereocenters. The molecule has 0 aromatic heterocycles. The van der Waals surface area contributed by atoms with Crippen LogP contribution < -0.4 is 4.74 Å². The molecule has 1 aromatic rings. The van der Waals surface area contributed by atoms with Crippen molar-refractivity contribution in [3.63, 3.8) is 0 Å². The molecule has 1 nitrogen and oxygen atoms in total. The van der Waals surface area contributed by atoms with E-state index in [0.717, 1.165) is 23.1 Å². The maximum Gasteiger partial charge on any atom is 0.120 e. The largest absolute Gasteiger partial charge is 0.497 e. The molecule has 0 saturated heterocycles. The van der Waals surface area contributed by atoms with Gasteiger partial charge in [0.05, 0.1) is 7.11 Å². The Hall–Kier alpha value is -0.940. The number of rotatable bonds is 2. The highest BCUT2D eigenvalue weighted by molar-refractivity contribution is 9.09. The lowest BCUT2D eigenvalue weighted by Gasteiger charge is -2.01. The predicted octanol–water partition coefficient (Wildman–Crippen LogP) is 3.14. The summed E-state index contributed by atoms with van der Waals surface area (Å²) in [7, 11) is 1.67. The van der Waals surface area contributed by atoms with E-state index in [-0.39, 0.29) is 0 Å². The third-order valence-corrected chi connectivity index (χ3v) is 2.14. The predicted molar refractivity (Wildman–Crippen MR) is 63.0 cm³/mol. The van der Waals surface area contributed by atoms with E-state index in [1.54, 1.807) is 7.11 Å². The van der Waals surface area contributed by atoms with Gasteiger partial charge in [-0.25, -0.2) is 0 Å². The fraction of sp³-hybridized carbons (Fsp3) is 0.333. The average molecular weight is 253 g/mol. The SMILES string of the molecule is COc1cc(C)cc(C#CCCBr)c1. The minimum Gasteiger partial charge on any atom is -0.497 e. The molecule has 0 spiro atoms. The van der Waals surface area contributed by atoms with Crippen molar-refractivity contribution in [2.45, 2.75) is 13.3 Å². The Morgan fingerprint density at radius 2 is 2.14 bits per heavy atom. The van der Waals surface area contributed by atoms with Crippen molar-refractivity contribution in [3.05, 3.63) is 29.3 Å². The number of methoxy groups -OCH3 is 1. The lowest BCUT2D eigenvalue weighted by Crippen LogP contribution is -1.85. The van der Waals surface area contributed by atoms with Gasteiger partial charge < -0.3 is 4.74 Å². The first-order valence-corrected chi connectivity index (χ1v) is 5.59. The molecule has 0 heterocycles. The van der Waals surface area contributed by atoms with Crippen LogP contribution in [0.15, 0.2) is 18.2 Å². The number of hydrogen-bond acceptors (Lipinski definition) is 1. The van der Waals surface area contributed by atoms with Gasteiger partial charge in [0.25, 0.3) is 0 Å². The van der Waals surface area contributed by atoms with Crippen LogP contribution in [0.5, 0.6) is 5.75 Å². The second-order valence-electron chi connectivity index (χ2n) is 2.98. The topological polar surface area (TPSA) is 9.23 Å². The van der Waals surface area contributed by atoms with Crippen LogP contribution in [0.2, 0.25) is 0 Å². The zero-order valence-electron chi connectivity index (χ0n) is 8.43. The molecular formula is C12H13BrO. The number of ether oxygens (including phenoxy) is 1. The van der Waals surface area contributed by atoms with Gasteiger partial charge in [0.2, 0.25) is 0 Å². The highest BCUT2D eigenvalue weighted by Gasteiger charge is 1.95. The molecule has 1 rings (SSSR count). The second-order valence-corrected chi connectivity index (χ2v) is 3.77. The molecule has 74 valence electrons. The van der Waals surface area contributed by atoms with Gasteiger partial charge in [-0.1, -0.05) is 27.8 Å². The maximum atomic E-state index is 5.16. The minimum atomic E-state index is 0.869. The van der Waals surface area contributed by atoms with Crippen molar-refractivity contribution in [1.82, 2.24) is 0 Å². The maximum absolute atomic E-state index is 5.16. The van der Waals surface area contributed by atoms with Gasteiger partial charge in [0, 0.05) is 17.3 Å². The minimum absolute atomic E-state index is 0.869. The molecule has 1 aromatic carbocycles. The van der Waals surface area contributed by atoms with Crippen molar-refractivity contribution >= 4 is 15.9 Å². The Bertz CT molecular complexity index is 360. The van der Waals surface area contributed by atoms with E-state index in [0.29, 0.717) is 0 Å². The lowest BCUT2D eigenvalue weighted by atomic mass is 10.1. The molecule has 0 aliphatic carbocycles. The van der Waals surface area contributed by atoms with Crippen molar-refractivity contribution in [2.24, 2.45) is 0 Å². The molecule has 0 fully saturated rings. The summed E-state index contributed by atoms with van der Waals surface area (Å²) in [5, 5.41) is 0.920. The van der Waals surface area contributed by atoms with Gasteiger partial charge in [0.15, 0.2) is 0 Å². The lowest BCUT2D eigenvalue weighted by molar-refractivity contribution is 0.414. The Labute approximate surface area is 93.6 Å². The van der Waals surface area contributed by atoms with E-state index >= 15 is 0 Å². The number of hydrogen-bond donors (Lipinski definition) is 0. The number of benzene rings is 1. The zero-order chi connectivity index (χ0) is 10.4. The molecule has 0 radical (unpaired) electrons. The number of aryl methyl sites for hydroxylation is 1. The fourth-order valence-corrected chi connectivity index (χ4v) is 1.35. The third kappa shape index (κ3) is 3.43. The summed E-state index contributed by atoms with van der Waals surface area (Å²) in [5.74, 6) is 7.05. The summed E-state index contributed by atoms with van der Waals surface area (Å²) < 4.78 is 5.16. The van der Waals surface area contributed by atoms with E-state index in [2.05, 4.69) is 33.8 Å². The summed E-state index contributed by atoms with van der Waals surface area (Å²) in [5.41, 5.74) is 2.19. The van der Waals surface area contributed by atoms with Gasteiger partial charge in [-0.3, -0.25) is 0 Å². The van der Waals surface area contributed by atoms with Crippen LogP contribution in [0, 0.1) is 18.8 Å². The van der Waals surface area contributed by atoms with Crippen molar-refractivity contribution in [1.29, 1.82) is 0 Å². The Morgan fingerprint density at radius 3 is 2.79 bits per heavy atom. The number of alkyl halides is 1. The van der Waals surface area contributed by atoms with Gasteiger partial charge in [-0.2, -0.15) is 0 Å². The monoisotopic (exact) mass is 252 g/mol. The summed E-state index contributed by atoms with van der Waals surface area (Å²) in [6.45, 7) is 2.04. The van der Waals surface area contributed by atoms with Gasteiger partial charge in [-0.15, -0.1) is 0 Å². The molecule has 0 N–H and O–H groups in total. The van der Waals surface area contributed by atoms with Gasteiger partial charge in [0.1, 0.15) is 5.75 Å². The summed E-state index contributed by atoms with van der Waals surface area (Å²) in [6.07, 6.45) is 0.871. The molecule has 0 bridgehead atoms. The smallest absolute Gasteiger partial charge is 0.120 e. The number of halogens is 1. The molecule has 0 aliphatic heterocycles. The first kappa shape index (κ1) is 11.1. The molecule has 14 heavy (non-hydrogen) atoms. The normalized spacial score (nSPS) is 9.07. The van der Waals surface area contributed by atoms with Crippen LogP contribution in [0.1, 0.15) is 17.5 Å². The van der Waals surface area contributed by atoms with Crippen LogP contribution in [0.3, 0.4) is 0 Å². The fourth-order valence-electron chi connectivity index (χ4n) is 1.15. The molecular weight excluding hydrogens is 240 g/mol. The zero-order valence-corrected chi connectivity index (χ0v) is 10.0. The standard InChI is InChI=1S/C12H13BrO/c1-10-7-11(5-3-4-6-13)9-12(8-10)14-2/h7-9H,4,6H2,1-2H3. The van der Waals surface area contributed by atoms with Crippen LogP contribution in [-0.4, -0.2) is 12.4 Å². The molecule has 0 atom stereocenters. The van der Waals surface area contributed by atoms with E-state index < -0.39 is 0 Å². The first-order chi connectivity index (χ1) is 6.76. The van der Waals surface area contributed by atoms with Crippen molar-refractivity contribution < 1.29 is 4.74 Å². The van der Waals surface area contributed by atoms with E-state index in [9.17, 15) is 0 Å². The van der Waals surface area contributed by atoms with Crippen LogP contribution in [0.4, 0.5) is 0 Å². The summed E-state index contributed by atoms with van der Waals surface area (Å²) >= 11 is 3.34. The van der Waals surface area contributed by atoms with E-state index in [1.807, 2.05) is 19.1 Å². The van der Waals surface area contributed by atoms with Crippen LogP contribution in [-0.2, 0) is 0 Å². The van der Waals surface area contributed by atoms with Crippen LogP contribution >= 0.6 is 15.9 Å². The molecule has 2 heteroatoms. The quantitative estimate of drug-likeness (QED) is 0.581. The van der Waals surface area contributed by atoms with Crippen LogP contribution in [0.25, 0.3) is 0 Å². The average Bonchev–Trinajstić information content (AvgIpc) is 2.17. The second kappa shape index (κ2) is 5.72.